The highest BCUT2D eigenvalue weighted by Crippen LogP contribution is 2.09. The molecule has 94 valence electrons. The molecular weight excluding hydrogens is 236 g/mol. The quantitative estimate of drug-likeness (QED) is 0.845. The molecule has 0 spiro atoms. The molecule has 2 heterocycles. The van der Waals surface area contributed by atoms with Crippen molar-refractivity contribution in [1.82, 2.24) is 14.9 Å². The summed E-state index contributed by atoms with van der Waals surface area (Å²) in [6, 6.07) is 1.93. The summed E-state index contributed by atoms with van der Waals surface area (Å²) in [6.07, 6.45) is 0. The topological polar surface area (TPSA) is 58.1 Å². The molecule has 0 amide bonds. The Balaban J connectivity index is 2.02. The van der Waals surface area contributed by atoms with Crippen molar-refractivity contribution in [3.05, 3.63) is 17.6 Å². The van der Waals surface area contributed by atoms with E-state index < -0.39 is 10.8 Å². The molecule has 1 aromatic rings. The molecule has 0 bridgehead atoms. The number of nitrogens with zero attached hydrogens (tertiary/aromatic N) is 3. The molecule has 0 radical (unpaired) electrons. The first-order chi connectivity index (χ1) is 8.17. The first kappa shape index (κ1) is 12.4. The third-order valence-electron chi connectivity index (χ3n) is 2.79. The highest BCUT2D eigenvalue weighted by molar-refractivity contribution is 7.85. The van der Waals surface area contributed by atoms with Crippen molar-refractivity contribution < 1.29 is 4.21 Å². The van der Waals surface area contributed by atoms with Gasteiger partial charge in [-0.25, -0.2) is 9.97 Å². The van der Waals surface area contributed by atoms with Crippen LogP contribution in [-0.4, -0.2) is 50.7 Å². The van der Waals surface area contributed by atoms with Gasteiger partial charge < -0.3 is 5.32 Å². The normalized spacial score (nSPS) is 18.2. The maximum atomic E-state index is 11.3. The summed E-state index contributed by atoms with van der Waals surface area (Å²) in [5.41, 5.74) is 0.972. The zero-order valence-corrected chi connectivity index (χ0v) is 11.1. The molecule has 0 saturated carbocycles. The van der Waals surface area contributed by atoms with E-state index in [4.69, 9.17) is 0 Å². The maximum Gasteiger partial charge on any atom is 0.144 e. The average molecular weight is 254 g/mol. The van der Waals surface area contributed by atoms with Gasteiger partial charge in [0.1, 0.15) is 11.6 Å². The van der Waals surface area contributed by atoms with E-state index in [1.807, 2.05) is 20.0 Å². The third-order valence-corrected chi connectivity index (χ3v) is 4.07. The van der Waals surface area contributed by atoms with Gasteiger partial charge in [0.05, 0.1) is 6.54 Å². The zero-order valence-electron chi connectivity index (χ0n) is 10.3. The van der Waals surface area contributed by atoms with Crippen molar-refractivity contribution in [1.29, 1.82) is 0 Å². The third kappa shape index (κ3) is 3.47. The fourth-order valence-corrected chi connectivity index (χ4v) is 2.99. The Morgan fingerprint density at radius 3 is 2.76 bits per heavy atom. The Kier molecular flexibility index (Phi) is 4.06. The van der Waals surface area contributed by atoms with E-state index in [0.29, 0.717) is 0 Å². The lowest BCUT2D eigenvalue weighted by molar-refractivity contribution is 0.284. The zero-order chi connectivity index (χ0) is 12.3. The fourth-order valence-electron chi connectivity index (χ4n) is 1.86. The van der Waals surface area contributed by atoms with E-state index >= 15 is 0 Å². The van der Waals surface area contributed by atoms with Gasteiger partial charge in [0, 0.05) is 54.2 Å². The molecule has 1 saturated heterocycles. The van der Waals surface area contributed by atoms with Crippen molar-refractivity contribution in [2.75, 3.05) is 37.0 Å². The molecule has 17 heavy (non-hydrogen) atoms. The molecule has 1 fully saturated rings. The minimum absolute atomic E-state index is 0.624. The average Bonchev–Trinajstić information content (AvgIpc) is 2.31. The summed E-state index contributed by atoms with van der Waals surface area (Å²) in [5, 5.41) is 3.03. The van der Waals surface area contributed by atoms with Crippen LogP contribution in [0.4, 0.5) is 5.82 Å². The van der Waals surface area contributed by atoms with Gasteiger partial charge in [-0.1, -0.05) is 0 Å². The molecular formula is C11H18N4OS. The van der Waals surface area contributed by atoms with Crippen LogP contribution in [0.25, 0.3) is 0 Å². The number of hydrogen-bond acceptors (Lipinski definition) is 5. The van der Waals surface area contributed by atoms with Crippen molar-refractivity contribution in [3.8, 4) is 0 Å². The number of aryl methyl sites for hydroxylation is 1. The van der Waals surface area contributed by atoms with Crippen LogP contribution in [-0.2, 0) is 17.3 Å². The SMILES string of the molecule is CNc1cc(C)nc(CN2CCS(=O)CC2)n1. The van der Waals surface area contributed by atoms with Crippen molar-refractivity contribution in [3.63, 3.8) is 0 Å². The molecule has 0 aliphatic carbocycles. The summed E-state index contributed by atoms with van der Waals surface area (Å²) >= 11 is 0. The predicted molar refractivity (Wildman–Crippen MR) is 69.5 cm³/mol. The lowest BCUT2D eigenvalue weighted by Gasteiger charge is -2.25. The number of aromatic nitrogens is 2. The van der Waals surface area contributed by atoms with E-state index in [1.165, 1.54) is 0 Å². The second-order valence-electron chi connectivity index (χ2n) is 4.19. The second kappa shape index (κ2) is 5.55. The van der Waals surface area contributed by atoms with E-state index in [-0.39, 0.29) is 0 Å². The number of anilines is 1. The monoisotopic (exact) mass is 254 g/mol. The van der Waals surface area contributed by atoms with Gasteiger partial charge in [-0.2, -0.15) is 0 Å². The maximum absolute atomic E-state index is 11.3. The molecule has 0 unspecified atom stereocenters. The van der Waals surface area contributed by atoms with Crippen molar-refractivity contribution in [2.24, 2.45) is 0 Å². The van der Waals surface area contributed by atoms with E-state index in [1.54, 1.807) is 0 Å². The van der Waals surface area contributed by atoms with Crippen LogP contribution in [0.15, 0.2) is 6.07 Å². The summed E-state index contributed by atoms with van der Waals surface area (Å²) in [4.78, 5) is 11.1. The molecule has 0 atom stereocenters. The van der Waals surface area contributed by atoms with Crippen LogP contribution < -0.4 is 5.32 Å². The second-order valence-corrected chi connectivity index (χ2v) is 5.88. The van der Waals surface area contributed by atoms with Crippen LogP contribution in [0, 0.1) is 6.92 Å². The lowest BCUT2D eigenvalue weighted by atomic mass is 10.4. The van der Waals surface area contributed by atoms with Gasteiger partial charge >= 0.3 is 0 Å². The van der Waals surface area contributed by atoms with E-state index in [2.05, 4.69) is 20.2 Å². The van der Waals surface area contributed by atoms with Gasteiger partial charge in [-0.05, 0) is 6.92 Å². The van der Waals surface area contributed by atoms with Gasteiger partial charge in [0.2, 0.25) is 0 Å². The van der Waals surface area contributed by atoms with Crippen molar-refractivity contribution in [2.45, 2.75) is 13.5 Å². The minimum atomic E-state index is -0.624. The first-order valence-corrected chi connectivity index (χ1v) is 7.26. The summed E-state index contributed by atoms with van der Waals surface area (Å²) in [6.45, 7) is 4.46. The van der Waals surface area contributed by atoms with Crippen LogP contribution in [0.3, 0.4) is 0 Å². The highest BCUT2D eigenvalue weighted by atomic mass is 32.2. The van der Waals surface area contributed by atoms with Crippen LogP contribution in [0.2, 0.25) is 0 Å². The Morgan fingerprint density at radius 2 is 2.12 bits per heavy atom. The largest absolute Gasteiger partial charge is 0.373 e. The number of hydrogen-bond donors (Lipinski definition) is 1. The fraction of sp³-hybridized carbons (Fsp3) is 0.636. The Bertz CT molecular complexity index is 414. The molecule has 1 aliphatic rings. The molecule has 5 nitrogen and oxygen atoms in total. The predicted octanol–water partition coefficient (Wildman–Crippen LogP) is 0.391. The minimum Gasteiger partial charge on any atom is -0.373 e. The van der Waals surface area contributed by atoms with Gasteiger partial charge in [-0.15, -0.1) is 0 Å². The molecule has 0 aromatic carbocycles. The molecule has 6 heteroatoms. The standard InChI is InChI=1S/C11H18N4OS/c1-9-7-10(12-2)14-11(13-9)8-15-3-5-17(16)6-4-15/h7H,3-6,8H2,1-2H3,(H,12,13,14). The summed E-state index contributed by atoms with van der Waals surface area (Å²) in [5.74, 6) is 3.23. The molecule has 1 aliphatic heterocycles. The summed E-state index contributed by atoms with van der Waals surface area (Å²) < 4.78 is 11.3. The number of nitrogens with one attached hydrogen (secondary N) is 1. The molecule has 1 N–H and O–H groups in total. The molecule has 1 aromatic heterocycles. The molecule has 2 rings (SSSR count). The van der Waals surface area contributed by atoms with E-state index in [9.17, 15) is 4.21 Å². The van der Waals surface area contributed by atoms with Crippen LogP contribution in [0.1, 0.15) is 11.5 Å². The van der Waals surface area contributed by atoms with Crippen molar-refractivity contribution >= 4 is 16.6 Å². The smallest absolute Gasteiger partial charge is 0.144 e. The highest BCUT2D eigenvalue weighted by Gasteiger charge is 2.16. The van der Waals surface area contributed by atoms with Crippen LogP contribution >= 0.6 is 0 Å². The van der Waals surface area contributed by atoms with Gasteiger partial charge in [0.25, 0.3) is 0 Å². The number of rotatable bonds is 3. The van der Waals surface area contributed by atoms with Crippen LogP contribution in [0.5, 0.6) is 0 Å². The van der Waals surface area contributed by atoms with Gasteiger partial charge in [-0.3, -0.25) is 9.11 Å². The van der Waals surface area contributed by atoms with Gasteiger partial charge in [0.15, 0.2) is 0 Å². The Labute approximate surface area is 104 Å². The lowest BCUT2D eigenvalue weighted by Crippen LogP contribution is -2.37. The first-order valence-electron chi connectivity index (χ1n) is 5.77. The van der Waals surface area contributed by atoms with E-state index in [0.717, 1.165) is 48.5 Å². The Hall–Kier alpha value is -1.01. The summed E-state index contributed by atoms with van der Waals surface area (Å²) in [7, 11) is 1.23. The Morgan fingerprint density at radius 1 is 1.41 bits per heavy atom.